The number of benzene rings is 3. The van der Waals surface area contributed by atoms with Gasteiger partial charge in [-0.1, -0.05) is 30.3 Å². The Hall–Kier alpha value is -3.98. The molecule has 0 saturated carbocycles. The van der Waals surface area contributed by atoms with Crippen molar-refractivity contribution in [2.75, 3.05) is 4.72 Å². The first kappa shape index (κ1) is 20.3. The zero-order chi connectivity index (χ0) is 21.7. The molecule has 0 bridgehead atoms. The van der Waals surface area contributed by atoms with E-state index in [0.29, 0.717) is 17.8 Å². The quantitative estimate of drug-likeness (QED) is 0.466. The van der Waals surface area contributed by atoms with Crippen LogP contribution in [0.1, 0.15) is 15.9 Å². The molecular formula is C22H19N5O3S. The van der Waals surface area contributed by atoms with Gasteiger partial charge in [-0.3, -0.25) is 9.52 Å². The first-order valence-electron chi connectivity index (χ1n) is 9.41. The lowest BCUT2D eigenvalue weighted by Gasteiger charge is -2.09. The minimum Gasteiger partial charge on any atom is -0.348 e. The molecule has 0 unspecified atom stereocenters. The molecule has 1 heterocycles. The fourth-order valence-electron chi connectivity index (χ4n) is 2.90. The van der Waals surface area contributed by atoms with Crippen molar-refractivity contribution in [3.63, 3.8) is 0 Å². The molecule has 156 valence electrons. The third kappa shape index (κ3) is 4.96. The average molecular weight is 433 g/mol. The summed E-state index contributed by atoms with van der Waals surface area (Å²) in [5.74, 6) is -0.291. The fraction of sp³-hybridized carbons (Fsp3) is 0.0455. The molecule has 9 heteroatoms. The molecule has 0 atom stereocenters. The molecule has 8 nitrogen and oxygen atoms in total. The summed E-state index contributed by atoms with van der Waals surface area (Å²) >= 11 is 0. The maximum Gasteiger partial charge on any atom is 0.261 e. The number of carbonyl (C=O) groups is 1. The minimum atomic E-state index is -3.73. The van der Waals surface area contributed by atoms with Crippen LogP contribution in [0.4, 0.5) is 5.69 Å². The standard InChI is InChI=1S/C22H19N5O3S/c28-22(24-14-17-6-10-20(11-7-17)27-16-23-15-25-27)18-8-12-21(13-9-18)31(29,30)26-19-4-2-1-3-5-19/h1-13,15-16,26H,14H2,(H,24,28). The molecule has 0 saturated heterocycles. The van der Waals surface area contributed by atoms with Crippen molar-refractivity contribution >= 4 is 21.6 Å². The fourth-order valence-corrected chi connectivity index (χ4v) is 3.96. The van der Waals surface area contributed by atoms with Gasteiger partial charge < -0.3 is 5.32 Å². The first-order chi connectivity index (χ1) is 15.0. The van der Waals surface area contributed by atoms with E-state index in [1.807, 2.05) is 24.3 Å². The number of hydrogen-bond donors (Lipinski definition) is 2. The summed E-state index contributed by atoms with van der Waals surface area (Å²) < 4.78 is 29.1. The molecule has 31 heavy (non-hydrogen) atoms. The van der Waals surface area contributed by atoms with Gasteiger partial charge in [-0.2, -0.15) is 5.10 Å². The van der Waals surface area contributed by atoms with Crippen LogP contribution in [0.15, 0.2) is 96.4 Å². The Morgan fingerprint density at radius 1 is 0.903 bits per heavy atom. The zero-order valence-corrected chi connectivity index (χ0v) is 17.2. The number of rotatable bonds is 7. The van der Waals surface area contributed by atoms with Gasteiger partial charge in [-0.05, 0) is 54.1 Å². The van der Waals surface area contributed by atoms with Crippen molar-refractivity contribution < 1.29 is 13.2 Å². The van der Waals surface area contributed by atoms with Crippen LogP contribution in [0, 0.1) is 0 Å². The molecule has 2 N–H and O–H groups in total. The van der Waals surface area contributed by atoms with E-state index >= 15 is 0 Å². The Balaban J connectivity index is 1.37. The summed E-state index contributed by atoms with van der Waals surface area (Å²) in [4.78, 5) is 16.4. The van der Waals surface area contributed by atoms with Crippen molar-refractivity contribution in [3.05, 3.63) is 103 Å². The normalized spacial score (nSPS) is 11.1. The van der Waals surface area contributed by atoms with Crippen LogP contribution in [0.5, 0.6) is 0 Å². The van der Waals surface area contributed by atoms with Crippen LogP contribution >= 0.6 is 0 Å². The van der Waals surface area contributed by atoms with Gasteiger partial charge in [0, 0.05) is 17.8 Å². The van der Waals surface area contributed by atoms with E-state index in [1.165, 1.54) is 30.6 Å². The molecule has 4 rings (SSSR count). The van der Waals surface area contributed by atoms with Crippen molar-refractivity contribution in [3.8, 4) is 5.69 Å². The third-order valence-electron chi connectivity index (χ3n) is 4.53. The molecule has 0 aliphatic heterocycles. The maximum absolute atomic E-state index is 12.5. The van der Waals surface area contributed by atoms with Crippen LogP contribution in [0.25, 0.3) is 5.69 Å². The number of nitrogens with zero attached hydrogens (tertiary/aromatic N) is 3. The van der Waals surface area contributed by atoms with E-state index in [1.54, 1.807) is 41.3 Å². The Bertz CT molecular complexity index is 1260. The summed E-state index contributed by atoms with van der Waals surface area (Å²) in [6, 6.07) is 22.0. The van der Waals surface area contributed by atoms with E-state index in [-0.39, 0.29) is 10.8 Å². The second kappa shape index (κ2) is 8.80. The molecule has 0 radical (unpaired) electrons. The van der Waals surface area contributed by atoms with E-state index in [2.05, 4.69) is 20.1 Å². The molecule has 1 amide bonds. The Morgan fingerprint density at radius 3 is 2.26 bits per heavy atom. The van der Waals surface area contributed by atoms with Crippen molar-refractivity contribution in [1.29, 1.82) is 0 Å². The summed E-state index contributed by atoms with van der Waals surface area (Å²) in [7, 11) is -3.73. The van der Waals surface area contributed by atoms with Crippen molar-refractivity contribution in [2.45, 2.75) is 11.4 Å². The molecule has 0 fully saturated rings. The molecule has 3 aromatic carbocycles. The number of sulfonamides is 1. The van der Waals surface area contributed by atoms with Gasteiger partial charge in [0.15, 0.2) is 0 Å². The Kier molecular flexibility index (Phi) is 5.76. The van der Waals surface area contributed by atoms with E-state index in [9.17, 15) is 13.2 Å². The van der Waals surface area contributed by atoms with Crippen LogP contribution < -0.4 is 10.0 Å². The van der Waals surface area contributed by atoms with Crippen LogP contribution in [-0.2, 0) is 16.6 Å². The van der Waals surface area contributed by atoms with Crippen LogP contribution in [0.2, 0.25) is 0 Å². The smallest absolute Gasteiger partial charge is 0.261 e. The number of para-hydroxylation sites is 1. The molecule has 0 spiro atoms. The highest BCUT2D eigenvalue weighted by atomic mass is 32.2. The van der Waals surface area contributed by atoms with Crippen LogP contribution in [0.3, 0.4) is 0 Å². The van der Waals surface area contributed by atoms with Crippen LogP contribution in [-0.4, -0.2) is 29.1 Å². The molecular weight excluding hydrogens is 414 g/mol. The summed E-state index contributed by atoms with van der Waals surface area (Å²) in [5, 5.41) is 6.89. The third-order valence-corrected chi connectivity index (χ3v) is 5.92. The largest absolute Gasteiger partial charge is 0.348 e. The number of aromatic nitrogens is 3. The minimum absolute atomic E-state index is 0.0802. The van der Waals surface area contributed by atoms with Gasteiger partial charge in [0.1, 0.15) is 12.7 Å². The van der Waals surface area contributed by atoms with Gasteiger partial charge in [0.2, 0.25) is 0 Å². The van der Waals surface area contributed by atoms with E-state index in [4.69, 9.17) is 0 Å². The Labute approximate surface area is 179 Å². The van der Waals surface area contributed by atoms with Gasteiger partial charge in [-0.15, -0.1) is 0 Å². The number of hydrogen-bond acceptors (Lipinski definition) is 5. The second-order valence-electron chi connectivity index (χ2n) is 6.69. The second-order valence-corrected chi connectivity index (χ2v) is 8.37. The number of carbonyl (C=O) groups excluding carboxylic acids is 1. The lowest BCUT2D eigenvalue weighted by Crippen LogP contribution is -2.23. The average Bonchev–Trinajstić information content (AvgIpc) is 3.33. The highest BCUT2D eigenvalue weighted by Crippen LogP contribution is 2.16. The monoisotopic (exact) mass is 433 g/mol. The summed E-state index contributed by atoms with van der Waals surface area (Å²) in [6.45, 7) is 0.339. The van der Waals surface area contributed by atoms with Gasteiger partial charge in [0.05, 0.1) is 10.6 Å². The van der Waals surface area contributed by atoms with Crippen molar-refractivity contribution in [2.24, 2.45) is 0 Å². The van der Waals surface area contributed by atoms with Crippen molar-refractivity contribution in [1.82, 2.24) is 20.1 Å². The van der Waals surface area contributed by atoms with Gasteiger partial charge in [-0.25, -0.2) is 18.1 Å². The Morgan fingerprint density at radius 2 is 1.61 bits per heavy atom. The predicted molar refractivity (Wildman–Crippen MR) is 116 cm³/mol. The van der Waals surface area contributed by atoms with Gasteiger partial charge >= 0.3 is 0 Å². The highest BCUT2D eigenvalue weighted by molar-refractivity contribution is 7.92. The lowest BCUT2D eigenvalue weighted by atomic mass is 10.2. The van der Waals surface area contributed by atoms with E-state index in [0.717, 1.165) is 11.3 Å². The predicted octanol–water partition coefficient (Wildman–Crippen LogP) is 3.00. The lowest BCUT2D eigenvalue weighted by molar-refractivity contribution is 0.0951. The topological polar surface area (TPSA) is 106 Å². The number of amides is 1. The highest BCUT2D eigenvalue weighted by Gasteiger charge is 2.15. The number of anilines is 1. The molecule has 0 aliphatic carbocycles. The first-order valence-corrected chi connectivity index (χ1v) is 10.9. The van der Waals surface area contributed by atoms with Gasteiger partial charge in [0.25, 0.3) is 15.9 Å². The summed E-state index contributed by atoms with van der Waals surface area (Å²) in [6.07, 6.45) is 3.07. The molecule has 4 aromatic rings. The number of nitrogens with one attached hydrogen (secondary N) is 2. The summed E-state index contributed by atoms with van der Waals surface area (Å²) in [5.41, 5.74) is 2.63. The zero-order valence-electron chi connectivity index (χ0n) is 16.3. The maximum atomic E-state index is 12.5. The SMILES string of the molecule is O=C(NCc1ccc(-n2cncn2)cc1)c1ccc(S(=O)(=O)Nc2ccccc2)cc1. The molecule has 1 aromatic heterocycles. The van der Waals surface area contributed by atoms with E-state index < -0.39 is 10.0 Å². The molecule has 0 aliphatic rings.